The highest BCUT2D eigenvalue weighted by atomic mass is 19.4. The summed E-state index contributed by atoms with van der Waals surface area (Å²) in [5, 5.41) is 10.3. The van der Waals surface area contributed by atoms with E-state index in [1.54, 1.807) is 5.32 Å². The first-order valence-electron chi connectivity index (χ1n) is 4.54. The Balaban J connectivity index is 3.06. The number of carboxylic acid groups (broad SMARTS) is 1. The molecule has 98 valence electrons. The zero-order valence-electron chi connectivity index (χ0n) is 9.04. The number of aromatic carboxylic acids is 1. The maximum Gasteiger partial charge on any atom is 0.471 e. The lowest BCUT2D eigenvalue weighted by molar-refractivity contribution is -0.167. The van der Waals surface area contributed by atoms with Gasteiger partial charge in [0.15, 0.2) is 0 Å². The minimum atomic E-state index is -5.05. The Morgan fingerprint density at radius 1 is 1.28 bits per heavy atom. The lowest BCUT2D eigenvalue weighted by Crippen LogP contribution is -2.30. The highest BCUT2D eigenvalue weighted by Crippen LogP contribution is 2.23. The van der Waals surface area contributed by atoms with Gasteiger partial charge in [-0.3, -0.25) is 4.79 Å². The van der Waals surface area contributed by atoms with Gasteiger partial charge in [0, 0.05) is 11.8 Å². The van der Waals surface area contributed by atoms with E-state index in [9.17, 15) is 22.8 Å². The maximum atomic E-state index is 12.0. The van der Waals surface area contributed by atoms with Crippen LogP contribution in [0.2, 0.25) is 0 Å². The average Bonchev–Trinajstić information content (AvgIpc) is 2.27. The van der Waals surface area contributed by atoms with Gasteiger partial charge in [-0.25, -0.2) is 4.79 Å². The van der Waals surface area contributed by atoms with Gasteiger partial charge in [-0.15, -0.1) is 0 Å². The molecule has 0 bridgehead atoms. The van der Waals surface area contributed by atoms with Crippen LogP contribution in [0, 0.1) is 0 Å². The third-order valence-corrected chi connectivity index (χ3v) is 1.90. The molecule has 2 N–H and O–H groups in total. The third-order valence-electron chi connectivity index (χ3n) is 1.90. The molecule has 1 aromatic rings. The van der Waals surface area contributed by atoms with Gasteiger partial charge in [0.2, 0.25) is 0 Å². The van der Waals surface area contributed by atoms with E-state index in [4.69, 9.17) is 9.84 Å². The van der Waals surface area contributed by atoms with Crippen molar-refractivity contribution in [2.24, 2.45) is 0 Å². The molecule has 0 fully saturated rings. The first kappa shape index (κ1) is 13.8. The van der Waals surface area contributed by atoms with Gasteiger partial charge in [-0.2, -0.15) is 13.2 Å². The molecule has 0 saturated heterocycles. The molecule has 5 nitrogen and oxygen atoms in total. The molecule has 18 heavy (non-hydrogen) atoms. The predicted molar refractivity (Wildman–Crippen MR) is 54.6 cm³/mol. The molecular formula is C10H8F3NO4. The van der Waals surface area contributed by atoms with Crippen LogP contribution in [0.4, 0.5) is 18.9 Å². The summed E-state index contributed by atoms with van der Waals surface area (Å²) in [7, 11) is 1.22. The number of carbonyl (C=O) groups excluding carboxylic acids is 1. The van der Waals surface area contributed by atoms with Crippen LogP contribution in [0.3, 0.4) is 0 Å². The van der Waals surface area contributed by atoms with Gasteiger partial charge in [-0.05, 0) is 12.1 Å². The van der Waals surface area contributed by atoms with Crippen LogP contribution in [0.25, 0.3) is 0 Å². The molecule has 0 aromatic heterocycles. The molecule has 0 aliphatic carbocycles. The van der Waals surface area contributed by atoms with Gasteiger partial charge in [0.1, 0.15) is 5.75 Å². The highest BCUT2D eigenvalue weighted by Gasteiger charge is 2.38. The molecule has 0 saturated carbocycles. The van der Waals surface area contributed by atoms with E-state index in [1.807, 2.05) is 0 Å². The number of halogens is 3. The van der Waals surface area contributed by atoms with Crippen molar-refractivity contribution in [3.63, 3.8) is 0 Å². The molecule has 1 rings (SSSR count). The van der Waals surface area contributed by atoms with Crippen molar-refractivity contribution in [1.82, 2.24) is 0 Å². The number of benzene rings is 1. The zero-order chi connectivity index (χ0) is 13.9. The first-order valence-corrected chi connectivity index (χ1v) is 4.54. The SMILES string of the molecule is COc1cc(NC(=O)C(F)(F)F)cc(C(=O)O)c1. The standard InChI is InChI=1S/C10H8F3NO4/c1-18-7-3-5(8(15)16)2-6(4-7)14-9(17)10(11,12)13/h2-4H,1H3,(H,14,17)(H,15,16). The number of hydrogen-bond acceptors (Lipinski definition) is 3. The Labute approximate surface area is 99.2 Å². The number of anilines is 1. The fourth-order valence-electron chi connectivity index (χ4n) is 1.11. The Bertz CT molecular complexity index is 485. The second-order valence-electron chi connectivity index (χ2n) is 3.21. The molecule has 0 unspecified atom stereocenters. The van der Waals surface area contributed by atoms with Crippen LogP contribution < -0.4 is 10.1 Å². The smallest absolute Gasteiger partial charge is 0.471 e. The topological polar surface area (TPSA) is 75.6 Å². The molecule has 0 atom stereocenters. The van der Waals surface area contributed by atoms with E-state index in [1.165, 1.54) is 7.11 Å². The van der Waals surface area contributed by atoms with Crippen molar-refractivity contribution in [3.8, 4) is 5.75 Å². The normalized spacial score (nSPS) is 10.9. The maximum absolute atomic E-state index is 12.0. The molecule has 1 amide bonds. The van der Waals surface area contributed by atoms with E-state index >= 15 is 0 Å². The number of carboxylic acids is 1. The second kappa shape index (κ2) is 4.94. The van der Waals surface area contributed by atoms with Crippen LogP contribution in [-0.4, -0.2) is 30.3 Å². The molecule has 1 aromatic carbocycles. The second-order valence-corrected chi connectivity index (χ2v) is 3.21. The molecule has 0 radical (unpaired) electrons. The van der Waals surface area contributed by atoms with Crippen molar-refractivity contribution in [3.05, 3.63) is 23.8 Å². The molecule has 0 spiro atoms. The largest absolute Gasteiger partial charge is 0.497 e. The zero-order valence-corrected chi connectivity index (χ0v) is 9.04. The lowest BCUT2D eigenvalue weighted by atomic mass is 10.2. The minimum absolute atomic E-state index is 0.0207. The summed E-state index contributed by atoms with van der Waals surface area (Å²) in [5.74, 6) is -3.52. The number of ether oxygens (including phenoxy) is 1. The van der Waals surface area contributed by atoms with E-state index in [2.05, 4.69) is 0 Å². The van der Waals surface area contributed by atoms with Crippen LogP contribution in [0.5, 0.6) is 5.75 Å². The Morgan fingerprint density at radius 2 is 1.89 bits per heavy atom. The third kappa shape index (κ3) is 3.37. The summed E-state index contributed by atoms with van der Waals surface area (Å²) < 4.78 is 40.8. The van der Waals surface area contributed by atoms with Crippen molar-refractivity contribution < 1.29 is 32.6 Å². The number of alkyl halides is 3. The first-order chi connectivity index (χ1) is 8.24. The van der Waals surface area contributed by atoms with Gasteiger partial charge in [-0.1, -0.05) is 0 Å². The van der Waals surface area contributed by atoms with E-state index in [-0.39, 0.29) is 17.0 Å². The fraction of sp³-hybridized carbons (Fsp3) is 0.200. The van der Waals surface area contributed by atoms with Gasteiger partial charge in [0.05, 0.1) is 12.7 Å². The summed E-state index contributed by atoms with van der Waals surface area (Å²) in [6, 6.07) is 3.09. The molecule has 8 heteroatoms. The Morgan fingerprint density at radius 3 is 2.33 bits per heavy atom. The number of methoxy groups -OCH3 is 1. The predicted octanol–water partition coefficient (Wildman–Crippen LogP) is 1.89. The van der Waals surface area contributed by atoms with E-state index in [0.29, 0.717) is 0 Å². The van der Waals surface area contributed by atoms with Crippen LogP contribution in [-0.2, 0) is 4.79 Å². The van der Waals surface area contributed by atoms with Crippen LogP contribution >= 0.6 is 0 Å². The van der Waals surface area contributed by atoms with Crippen LogP contribution in [0.15, 0.2) is 18.2 Å². The highest BCUT2D eigenvalue weighted by molar-refractivity contribution is 5.97. The Kier molecular flexibility index (Phi) is 3.79. The quantitative estimate of drug-likeness (QED) is 0.873. The summed E-state index contributed by atoms with van der Waals surface area (Å²) in [5.41, 5.74) is -0.610. The van der Waals surface area contributed by atoms with Gasteiger partial charge < -0.3 is 15.2 Å². The summed E-state index contributed by atoms with van der Waals surface area (Å²) in [4.78, 5) is 21.4. The number of rotatable bonds is 3. The average molecular weight is 263 g/mol. The Hall–Kier alpha value is -2.25. The molecule has 0 heterocycles. The summed E-state index contributed by atoms with van der Waals surface area (Å²) in [6.07, 6.45) is -5.05. The van der Waals surface area contributed by atoms with E-state index < -0.39 is 18.1 Å². The van der Waals surface area contributed by atoms with Crippen molar-refractivity contribution in [2.45, 2.75) is 6.18 Å². The van der Waals surface area contributed by atoms with Crippen molar-refractivity contribution >= 4 is 17.6 Å². The minimum Gasteiger partial charge on any atom is -0.497 e. The van der Waals surface area contributed by atoms with Gasteiger partial charge in [0.25, 0.3) is 0 Å². The van der Waals surface area contributed by atoms with Crippen molar-refractivity contribution in [2.75, 3.05) is 12.4 Å². The lowest BCUT2D eigenvalue weighted by Gasteiger charge is -2.10. The number of nitrogens with one attached hydrogen (secondary N) is 1. The van der Waals surface area contributed by atoms with E-state index in [0.717, 1.165) is 18.2 Å². The summed E-state index contributed by atoms with van der Waals surface area (Å²) in [6.45, 7) is 0. The summed E-state index contributed by atoms with van der Waals surface area (Å²) >= 11 is 0. The molecular weight excluding hydrogens is 255 g/mol. The van der Waals surface area contributed by atoms with Gasteiger partial charge >= 0.3 is 18.1 Å². The molecule has 0 aliphatic heterocycles. The number of amides is 1. The number of carbonyl (C=O) groups is 2. The molecule has 0 aliphatic rings. The van der Waals surface area contributed by atoms with Crippen molar-refractivity contribution in [1.29, 1.82) is 0 Å². The monoisotopic (exact) mass is 263 g/mol. The fourth-order valence-corrected chi connectivity index (χ4v) is 1.11. The number of hydrogen-bond donors (Lipinski definition) is 2. The van der Waals surface area contributed by atoms with Crippen LogP contribution in [0.1, 0.15) is 10.4 Å².